The van der Waals surface area contributed by atoms with E-state index in [9.17, 15) is 4.79 Å². The predicted molar refractivity (Wildman–Crippen MR) is 117 cm³/mol. The number of hydrogen-bond acceptors (Lipinski definition) is 3. The summed E-state index contributed by atoms with van der Waals surface area (Å²) in [5.41, 5.74) is 2.12. The van der Waals surface area contributed by atoms with Gasteiger partial charge in [0.25, 0.3) is 0 Å². The molecular weight excluding hydrogens is 386 g/mol. The van der Waals surface area contributed by atoms with Gasteiger partial charge in [0.2, 0.25) is 5.91 Å². The van der Waals surface area contributed by atoms with E-state index in [1.54, 1.807) is 16.8 Å². The maximum Gasteiger partial charge on any atom is 0.248 e. The molecule has 2 aromatic carbocycles. The zero-order valence-electron chi connectivity index (χ0n) is 16.7. The van der Waals surface area contributed by atoms with Crippen molar-refractivity contribution in [1.82, 2.24) is 9.78 Å². The molecule has 0 aliphatic heterocycles. The zero-order valence-corrected chi connectivity index (χ0v) is 17.5. The average molecular weight is 410 g/mol. The molecule has 0 unspecified atom stereocenters. The number of aryl methyl sites for hydroxylation is 1. The highest BCUT2D eigenvalue weighted by Crippen LogP contribution is 2.29. The largest absolute Gasteiger partial charge is 0.455 e. The zero-order chi connectivity index (χ0) is 20.8. The molecule has 3 aromatic rings. The predicted octanol–water partition coefficient (Wildman–Crippen LogP) is 5.95. The van der Waals surface area contributed by atoms with Crippen molar-refractivity contribution in [2.45, 2.75) is 27.3 Å². The van der Waals surface area contributed by atoms with E-state index < -0.39 is 0 Å². The third kappa shape index (κ3) is 5.48. The monoisotopic (exact) mass is 409 g/mol. The Kier molecular flexibility index (Phi) is 6.73. The molecule has 0 spiro atoms. The van der Waals surface area contributed by atoms with Gasteiger partial charge in [0.1, 0.15) is 10.9 Å². The molecular formula is C23H24ClN3O2. The molecule has 6 heteroatoms. The van der Waals surface area contributed by atoms with Crippen molar-refractivity contribution >= 4 is 29.3 Å². The maximum absolute atomic E-state index is 12.5. The second kappa shape index (κ2) is 9.43. The topological polar surface area (TPSA) is 56.2 Å². The van der Waals surface area contributed by atoms with Gasteiger partial charge in [-0.05, 0) is 43.2 Å². The Hall–Kier alpha value is -3.05. The summed E-state index contributed by atoms with van der Waals surface area (Å²) in [6, 6.07) is 16.7. The minimum atomic E-state index is -0.277. The van der Waals surface area contributed by atoms with E-state index in [0.717, 1.165) is 17.8 Å². The lowest BCUT2D eigenvalue weighted by Gasteiger charge is -2.11. The smallest absolute Gasteiger partial charge is 0.248 e. The average Bonchev–Trinajstić information content (AvgIpc) is 2.95. The Labute approximate surface area is 176 Å². The number of amides is 1. The Balaban J connectivity index is 1.73. The number of carbonyl (C=O) groups excluding carboxylic acids is 1. The van der Waals surface area contributed by atoms with Gasteiger partial charge in [-0.3, -0.25) is 9.48 Å². The van der Waals surface area contributed by atoms with Crippen molar-refractivity contribution < 1.29 is 9.53 Å². The second-order valence-electron chi connectivity index (χ2n) is 7.10. The number of hydrogen-bond donors (Lipinski definition) is 1. The first-order valence-corrected chi connectivity index (χ1v) is 9.85. The fourth-order valence-electron chi connectivity index (χ4n) is 2.83. The van der Waals surface area contributed by atoms with E-state index in [-0.39, 0.29) is 5.91 Å². The molecule has 1 amide bonds. The van der Waals surface area contributed by atoms with E-state index in [1.807, 2.05) is 55.5 Å². The molecule has 150 valence electrons. The van der Waals surface area contributed by atoms with E-state index in [4.69, 9.17) is 16.3 Å². The van der Waals surface area contributed by atoms with Gasteiger partial charge in [-0.1, -0.05) is 55.8 Å². The quantitative estimate of drug-likeness (QED) is 0.491. The highest BCUT2D eigenvalue weighted by atomic mass is 35.5. The third-order valence-corrected chi connectivity index (χ3v) is 4.56. The molecule has 0 aliphatic rings. The summed E-state index contributed by atoms with van der Waals surface area (Å²) in [4.78, 5) is 12.5. The van der Waals surface area contributed by atoms with E-state index in [2.05, 4.69) is 24.3 Å². The molecule has 0 aliphatic carbocycles. The minimum absolute atomic E-state index is 0.277. The molecule has 5 nitrogen and oxygen atoms in total. The SMILES string of the molecule is Cc1nn(CC(C)C)c(Cl)c1/C=C/C(=O)Nc1ccccc1Oc1ccccc1. The fourth-order valence-corrected chi connectivity index (χ4v) is 3.14. The van der Waals surface area contributed by atoms with Gasteiger partial charge in [-0.2, -0.15) is 5.10 Å². The van der Waals surface area contributed by atoms with Crippen LogP contribution in [0.3, 0.4) is 0 Å². The van der Waals surface area contributed by atoms with Crippen molar-refractivity contribution in [2.75, 3.05) is 5.32 Å². The molecule has 0 saturated carbocycles. The first-order valence-electron chi connectivity index (χ1n) is 9.48. The van der Waals surface area contributed by atoms with Crippen LogP contribution >= 0.6 is 11.6 Å². The Morgan fingerprint density at radius 3 is 2.59 bits per heavy atom. The van der Waals surface area contributed by atoms with E-state index in [0.29, 0.717) is 28.3 Å². The van der Waals surface area contributed by atoms with Crippen LogP contribution in [0.5, 0.6) is 11.5 Å². The Bertz CT molecular complexity index is 1010. The number of nitrogens with one attached hydrogen (secondary N) is 1. The van der Waals surface area contributed by atoms with Gasteiger partial charge in [-0.25, -0.2) is 0 Å². The maximum atomic E-state index is 12.5. The van der Waals surface area contributed by atoms with Crippen molar-refractivity contribution in [1.29, 1.82) is 0 Å². The summed E-state index contributed by atoms with van der Waals surface area (Å²) >= 11 is 6.43. The van der Waals surface area contributed by atoms with Gasteiger partial charge >= 0.3 is 0 Å². The normalized spacial score (nSPS) is 11.2. The lowest BCUT2D eigenvalue weighted by Crippen LogP contribution is -2.08. The number of anilines is 1. The lowest BCUT2D eigenvalue weighted by molar-refractivity contribution is -0.111. The first-order chi connectivity index (χ1) is 13.9. The molecule has 1 aromatic heterocycles. The number of para-hydroxylation sites is 3. The number of nitrogens with zero attached hydrogens (tertiary/aromatic N) is 2. The molecule has 0 fully saturated rings. The Morgan fingerprint density at radius 2 is 1.86 bits per heavy atom. The summed E-state index contributed by atoms with van der Waals surface area (Å²) in [6.45, 7) is 6.81. The van der Waals surface area contributed by atoms with Gasteiger partial charge in [0.15, 0.2) is 5.75 Å². The highest BCUT2D eigenvalue weighted by molar-refractivity contribution is 6.31. The molecule has 29 heavy (non-hydrogen) atoms. The summed E-state index contributed by atoms with van der Waals surface area (Å²) in [5, 5.41) is 7.85. The van der Waals surface area contributed by atoms with Crippen LogP contribution in [0.25, 0.3) is 6.08 Å². The van der Waals surface area contributed by atoms with Crippen LogP contribution in [0.4, 0.5) is 5.69 Å². The second-order valence-corrected chi connectivity index (χ2v) is 7.46. The molecule has 0 saturated heterocycles. The van der Waals surface area contributed by atoms with Gasteiger partial charge < -0.3 is 10.1 Å². The molecule has 1 heterocycles. The number of rotatable bonds is 7. The molecule has 0 radical (unpaired) electrons. The van der Waals surface area contributed by atoms with Crippen molar-refractivity contribution in [3.05, 3.63) is 77.1 Å². The summed E-state index contributed by atoms with van der Waals surface area (Å²) < 4.78 is 7.64. The van der Waals surface area contributed by atoms with Crippen molar-refractivity contribution in [3.8, 4) is 11.5 Å². The molecule has 0 atom stereocenters. The molecule has 0 bridgehead atoms. The highest BCUT2D eigenvalue weighted by Gasteiger charge is 2.13. The van der Waals surface area contributed by atoms with Crippen LogP contribution in [0.2, 0.25) is 5.15 Å². The van der Waals surface area contributed by atoms with Crippen LogP contribution in [-0.4, -0.2) is 15.7 Å². The van der Waals surface area contributed by atoms with Crippen molar-refractivity contribution in [3.63, 3.8) is 0 Å². The van der Waals surface area contributed by atoms with Crippen LogP contribution < -0.4 is 10.1 Å². The summed E-state index contributed by atoms with van der Waals surface area (Å²) in [5.74, 6) is 1.42. The van der Waals surface area contributed by atoms with Crippen LogP contribution in [0.15, 0.2) is 60.7 Å². The number of carbonyl (C=O) groups is 1. The van der Waals surface area contributed by atoms with E-state index >= 15 is 0 Å². The van der Waals surface area contributed by atoms with Gasteiger partial charge in [0, 0.05) is 18.2 Å². The molecule has 3 rings (SSSR count). The first kappa shape index (κ1) is 20.7. The summed E-state index contributed by atoms with van der Waals surface area (Å²) in [6.07, 6.45) is 3.15. The Morgan fingerprint density at radius 1 is 1.17 bits per heavy atom. The van der Waals surface area contributed by atoms with E-state index in [1.165, 1.54) is 6.08 Å². The van der Waals surface area contributed by atoms with Gasteiger partial charge in [0.05, 0.1) is 11.4 Å². The van der Waals surface area contributed by atoms with Gasteiger partial charge in [-0.15, -0.1) is 0 Å². The lowest BCUT2D eigenvalue weighted by atomic mass is 10.2. The summed E-state index contributed by atoms with van der Waals surface area (Å²) in [7, 11) is 0. The number of aromatic nitrogens is 2. The number of benzene rings is 2. The standard InChI is InChI=1S/C23H24ClN3O2/c1-16(2)15-27-23(24)19(17(3)26-27)13-14-22(28)25-20-11-7-8-12-21(20)29-18-9-5-4-6-10-18/h4-14,16H,15H2,1-3H3,(H,25,28)/b14-13+. The van der Waals surface area contributed by atoms with Crippen LogP contribution in [-0.2, 0) is 11.3 Å². The number of halogens is 1. The number of ether oxygens (including phenoxy) is 1. The fraction of sp³-hybridized carbons (Fsp3) is 0.217. The van der Waals surface area contributed by atoms with Crippen LogP contribution in [0.1, 0.15) is 25.1 Å². The third-order valence-electron chi connectivity index (χ3n) is 4.16. The molecule has 1 N–H and O–H groups in total. The van der Waals surface area contributed by atoms with Crippen LogP contribution in [0, 0.1) is 12.8 Å². The van der Waals surface area contributed by atoms with Crippen molar-refractivity contribution in [2.24, 2.45) is 5.92 Å². The minimum Gasteiger partial charge on any atom is -0.455 e.